The molecule has 20 heavy (non-hydrogen) atoms. The summed E-state index contributed by atoms with van der Waals surface area (Å²) in [5.74, 6) is -0.210. The molecular weight excluding hydrogens is 283 g/mol. The molecule has 0 aliphatic carbocycles. The lowest BCUT2D eigenvalue weighted by atomic mass is 9.96. The predicted molar refractivity (Wildman–Crippen MR) is 79.5 cm³/mol. The second kappa shape index (κ2) is 8.07. The minimum absolute atomic E-state index is 0. The number of hydrogen-bond donors (Lipinski definition) is 2. The van der Waals surface area contributed by atoms with Crippen molar-refractivity contribution < 1.29 is 13.9 Å². The van der Waals surface area contributed by atoms with E-state index in [0.717, 1.165) is 6.42 Å². The second-order valence-corrected chi connectivity index (χ2v) is 4.85. The van der Waals surface area contributed by atoms with Crippen molar-refractivity contribution in [3.05, 3.63) is 29.6 Å². The third-order valence-electron chi connectivity index (χ3n) is 2.91. The van der Waals surface area contributed by atoms with Gasteiger partial charge in [-0.1, -0.05) is 13.3 Å². The number of nitrogens with one attached hydrogen (secondary N) is 1. The van der Waals surface area contributed by atoms with E-state index < -0.39 is 11.4 Å². The molecule has 114 valence electrons. The largest absolute Gasteiger partial charge is 0.497 e. The van der Waals surface area contributed by atoms with Gasteiger partial charge in [-0.05, 0) is 31.0 Å². The van der Waals surface area contributed by atoms with Crippen LogP contribution in [0.1, 0.15) is 32.3 Å². The molecule has 0 fully saturated rings. The summed E-state index contributed by atoms with van der Waals surface area (Å²) in [5.41, 5.74) is 5.65. The van der Waals surface area contributed by atoms with E-state index >= 15 is 0 Å². The molecule has 0 saturated heterocycles. The SMILES string of the molecule is CCCC(C)(N)C(=O)NCc1cc(F)cc(OC)c1.Cl. The van der Waals surface area contributed by atoms with Crippen LogP contribution in [0.3, 0.4) is 0 Å². The maximum absolute atomic E-state index is 13.3. The van der Waals surface area contributed by atoms with Gasteiger partial charge in [-0.3, -0.25) is 4.79 Å². The van der Waals surface area contributed by atoms with Crippen LogP contribution in [0, 0.1) is 5.82 Å². The number of rotatable bonds is 6. The van der Waals surface area contributed by atoms with Gasteiger partial charge in [0.1, 0.15) is 11.6 Å². The van der Waals surface area contributed by atoms with E-state index in [1.165, 1.54) is 19.2 Å². The Bertz CT molecular complexity index is 453. The minimum atomic E-state index is -0.897. The number of benzene rings is 1. The Labute approximate surface area is 125 Å². The number of nitrogens with two attached hydrogens (primary N) is 1. The fourth-order valence-electron chi connectivity index (χ4n) is 1.86. The third kappa shape index (κ3) is 5.35. The molecule has 0 saturated carbocycles. The van der Waals surface area contributed by atoms with Gasteiger partial charge in [0, 0.05) is 12.6 Å². The van der Waals surface area contributed by atoms with E-state index in [0.29, 0.717) is 17.7 Å². The van der Waals surface area contributed by atoms with Crippen molar-refractivity contribution in [1.29, 1.82) is 0 Å². The van der Waals surface area contributed by atoms with Gasteiger partial charge in [0.25, 0.3) is 0 Å². The molecule has 1 aromatic rings. The normalized spacial score (nSPS) is 13.1. The molecule has 0 radical (unpaired) electrons. The highest BCUT2D eigenvalue weighted by atomic mass is 35.5. The summed E-state index contributed by atoms with van der Waals surface area (Å²) in [7, 11) is 1.47. The Morgan fingerprint density at radius 3 is 2.65 bits per heavy atom. The van der Waals surface area contributed by atoms with Crippen LogP contribution in [-0.4, -0.2) is 18.6 Å². The zero-order valence-corrected chi connectivity index (χ0v) is 12.8. The van der Waals surface area contributed by atoms with Crippen LogP contribution >= 0.6 is 12.4 Å². The summed E-state index contributed by atoms with van der Waals surface area (Å²) in [6.07, 6.45) is 1.43. The molecule has 0 aliphatic heterocycles. The van der Waals surface area contributed by atoms with Gasteiger partial charge in [-0.25, -0.2) is 4.39 Å². The average molecular weight is 305 g/mol. The predicted octanol–water partition coefficient (Wildman–Crippen LogP) is 2.39. The van der Waals surface area contributed by atoms with Crippen molar-refractivity contribution in [2.45, 2.75) is 38.8 Å². The van der Waals surface area contributed by atoms with E-state index in [2.05, 4.69) is 5.32 Å². The second-order valence-electron chi connectivity index (χ2n) is 4.85. The molecule has 6 heteroatoms. The highest BCUT2D eigenvalue weighted by Crippen LogP contribution is 2.16. The van der Waals surface area contributed by atoms with Crippen LogP contribution < -0.4 is 15.8 Å². The third-order valence-corrected chi connectivity index (χ3v) is 2.91. The van der Waals surface area contributed by atoms with E-state index in [-0.39, 0.29) is 24.9 Å². The summed E-state index contributed by atoms with van der Waals surface area (Å²) >= 11 is 0. The molecule has 0 aromatic heterocycles. The van der Waals surface area contributed by atoms with Gasteiger partial charge in [0.05, 0.1) is 12.6 Å². The van der Waals surface area contributed by atoms with Crippen molar-refractivity contribution in [3.63, 3.8) is 0 Å². The van der Waals surface area contributed by atoms with Crippen molar-refractivity contribution in [2.75, 3.05) is 7.11 Å². The molecule has 0 heterocycles. The Kier molecular flexibility index (Phi) is 7.53. The highest BCUT2D eigenvalue weighted by molar-refractivity contribution is 5.85. The van der Waals surface area contributed by atoms with Crippen LogP contribution in [0.15, 0.2) is 18.2 Å². The molecule has 1 unspecified atom stereocenters. The number of methoxy groups -OCH3 is 1. The first kappa shape index (κ1) is 18.7. The van der Waals surface area contributed by atoms with E-state index in [4.69, 9.17) is 10.5 Å². The molecule has 0 spiro atoms. The van der Waals surface area contributed by atoms with Gasteiger partial charge in [-0.15, -0.1) is 12.4 Å². The van der Waals surface area contributed by atoms with E-state index in [1.54, 1.807) is 13.0 Å². The lowest BCUT2D eigenvalue weighted by Crippen LogP contribution is -2.51. The Morgan fingerprint density at radius 1 is 1.45 bits per heavy atom. The minimum Gasteiger partial charge on any atom is -0.497 e. The summed E-state index contributed by atoms with van der Waals surface area (Å²) < 4.78 is 18.2. The summed E-state index contributed by atoms with van der Waals surface area (Å²) in [6.45, 7) is 3.89. The zero-order chi connectivity index (χ0) is 14.5. The van der Waals surface area contributed by atoms with Gasteiger partial charge >= 0.3 is 0 Å². The van der Waals surface area contributed by atoms with Crippen LogP contribution in [-0.2, 0) is 11.3 Å². The molecule has 1 amide bonds. The number of hydrogen-bond acceptors (Lipinski definition) is 3. The zero-order valence-electron chi connectivity index (χ0n) is 12.0. The van der Waals surface area contributed by atoms with Gasteiger partial charge < -0.3 is 15.8 Å². The topological polar surface area (TPSA) is 64.4 Å². The van der Waals surface area contributed by atoms with Crippen LogP contribution in [0.25, 0.3) is 0 Å². The quantitative estimate of drug-likeness (QED) is 0.848. The lowest BCUT2D eigenvalue weighted by Gasteiger charge is -2.22. The van der Waals surface area contributed by atoms with Crippen molar-refractivity contribution in [2.24, 2.45) is 5.73 Å². The van der Waals surface area contributed by atoms with E-state index in [9.17, 15) is 9.18 Å². The first-order valence-corrected chi connectivity index (χ1v) is 6.29. The molecule has 1 atom stereocenters. The summed E-state index contributed by atoms with van der Waals surface area (Å²) in [6, 6.07) is 4.32. The molecule has 0 bridgehead atoms. The Balaban J connectivity index is 0.00000361. The van der Waals surface area contributed by atoms with Crippen LogP contribution in [0.2, 0.25) is 0 Å². The summed E-state index contributed by atoms with van der Waals surface area (Å²) in [5, 5.41) is 2.72. The number of halogens is 2. The lowest BCUT2D eigenvalue weighted by molar-refractivity contribution is -0.126. The number of carbonyl (C=O) groups is 1. The maximum Gasteiger partial charge on any atom is 0.240 e. The fourth-order valence-corrected chi connectivity index (χ4v) is 1.86. The van der Waals surface area contributed by atoms with Gasteiger partial charge in [0.2, 0.25) is 5.91 Å². The fraction of sp³-hybridized carbons (Fsp3) is 0.500. The molecule has 3 N–H and O–H groups in total. The maximum atomic E-state index is 13.3. The molecular formula is C14H22ClFN2O2. The molecule has 0 aliphatic rings. The first-order valence-electron chi connectivity index (χ1n) is 6.29. The first-order chi connectivity index (χ1) is 8.89. The smallest absolute Gasteiger partial charge is 0.240 e. The van der Waals surface area contributed by atoms with Crippen molar-refractivity contribution >= 4 is 18.3 Å². The standard InChI is InChI=1S/C14H21FN2O2.ClH/c1-4-5-14(2,16)13(18)17-9-10-6-11(15)8-12(7-10)19-3;/h6-8H,4-5,9,16H2,1-3H3,(H,17,18);1H. The molecule has 1 aromatic carbocycles. The number of ether oxygens (including phenoxy) is 1. The molecule has 4 nitrogen and oxygen atoms in total. The molecule has 1 rings (SSSR count). The van der Waals surface area contributed by atoms with Crippen molar-refractivity contribution in [3.8, 4) is 5.75 Å². The monoisotopic (exact) mass is 304 g/mol. The highest BCUT2D eigenvalue weighted by Gasteiger charge is 2.26. The van der Waals surface area contributed by atoms with Crippen molar-refractivity contribution in [1.82, 2.24) is 5.32 Å². The summed E-state index contributed by atoms with van der Waals surface area (Å²) in [4.78, 5) is 11.9. The van der Waals surface area contributed by atoms with Crippen LogP contribution in [0.4, 0.5) is 4.39 Å². The van der Waals surface area contributed by atoms with E-state index in [1.807, 2.05) is 6.92 Å². The number of amides is 1. The van der Waals surface area contributed by atoms with Gasteiger partial charge in [0.15, 0.2) is 0 Å². The number of carbonyl (C=O) groups excluding carboxylic acids is 1. The Hall–Kier alpha value is -1.33. The van der Waals surface area contributed by atoms with Gasteiger partial charge in [-0.2, -0.15) is 0 Å². The average Bonchev–Trinajstić information content (AvgIpc) is 2.35. The van der Waals surface area contributed by atoms with Crippen LogP contribution in [0.5, 0.6) is 5.75 Å². The Morgan fingerprint density at radius 2 is 2.10 bits per heavy atom.